The van der Waals surface area contributed by atoms with Crippen LogP contribution in [0.25, 0.3) is 32.2 Å². The Kier molecular flexibility index (Phi) is 6.76. The molecule has 2 N–H and O–H groups in total. The summed E-state index contributed by atoms with van der Waals surface area (Å²) >= 11 is 0.0778. The first-order valence-corrected chi connectivity index (χ1v) is 14.4. The highest BCUT2D eigenvalue weighted by molar-refractivity contribution is 7.79. The molecule has 6 rings (SSSR count). The van der Waals surface area contributed by atoms with Gasteiger partial charge in [-0.2, -0.15) is 5.10 Å². The lowest BCUT2D eigenvalue weighted by atomic mass is 10.0. The maximum absolute atomic E-state index is 11.2. The van der Waals surface area contributed by atoms with Crippen molar-refractivity contribution in [3.05, 3.63) is 40.9 Å². The highest BCUT2D eigenvalue weighted by atomic mass is 32.2. The number of morpholine rings is 1. The molecule has 1 aromatic carbocycles. The van der Waals surface area contributed by atoms with E-state index in [1.54, 1.807) is 0 Å². The van der Waals surface area contributed by atoms with E-state index in [0.717, 1.165) is 73.8 Å². The normalized spacial score (nSPS) is 18.9. The Hall–Kier alpha value is -2.41. The predicted octanol–water partition coefficient (Wildman–Crippen LogP) is 3.28. The first kappa shape index (κ1) is 24.0. The molecule has 1 unspecified atom stereocenters. The molecule has 2 fully saturated rings. The summed E-state index contributed by atoms with van der Waals surface area (Å²) in [4.78, 5) is 13.5. The number of rotatable bonds is 6. The summed E-state index contributed by atoms with van der Waals surface area (Å²) in [6, 6.07) is 8.45. The minimum absolute atomic E-state index is 0.233. The molecule has 1 atom stereocenters. The number of H-pyrrole nitrogens is 1. The molecule has 3 aromatic heterocycles. The van der Waals surface area contributed by atoms with Crippen LogP contribution in [-0.4, -0.2) is 92.1 Å². The largest absolute Gasteiger partial charge is 0.378 e. The summed E-state index contributed by atoms with van der Waals surface area (Å²) in [5.41, 5.74) is 4.37. The third-order valence-corrected chi connectivity index (χ3v) is 9.07. The van der Waals surface area contributed by atoms with Crippen LogP contribution in [0.4, 0.5) is 5.82 Å². The lowest BCUT2D eigenvalue weighted by molar-refractivity contribution is 0.122. The van der Waals surface area contributed by atoms with Crippen LogP contribution in [0.5, 0.6) is 0 Å². The van der Waals surface area contributed by atoms with Gasteiger partial charge in [0.2, 0.25) is 0 Å². The first-order chi connectivity index (χ1) is 17.6. The Morgan fingerprint density at radius 3 is 2.67 bits per heavy atom. The molecule has 190 valence electrons. The molecule has 4 aromatic rings. The molecule has 5 heterocycles. The van der Waals surface area contributed by atoms with Gasteiger partial charge in [0.05, 0.1) is 35.3 Å². The van der Waals surface area contributed by atoms with Gasteiger partial charge in [-0.1, -0.05) is 12.1 Å². The van der Waals surface area contributed by atoms with E-state index < -0.39 is 11.1 Å². The van der Waals surface area contributed by atoms with Gasteiger partial charge >= 0.3 is 0 Å². The van der Waals surface area contributed by atoms with Gasteiger partial charge in [-0.25, -0.2) is 9.19 Å². The van der Waals surface area contributed by atoms with Crippen molar-refractivity contribution in [3.63, 3.8) is 0 Å². The fourth-order valence-electron chi connectivity index (χ4n) is 5.15. The minimum atomic E-state index is -1.77. The number of ether oxygens (including phenoxy) is 1. The van der Waals surface area contributed by atoms with Gasteiger partial charge in [0.25, 0.3) is 0 Å². The van der Waals surface area contributed by atoms with E-state index in [2.05, 4.69) is 44.0 Å². The van der Waals surface area contributed by atoms with Gasteiger partial charge in [0, 0.05) is 67.0 Å². The standard InChI is InChI=1S/C25H30N6O3S2/c1-17-19-13-22(18-3-2-4-21-20(18)14-26-28-21)27-25(31-9-11-34-12-10-31)24(19)35-23(17)15-29-5-7-30(8-6-29)16-36(32)33/h2-4,13-14H,5-12,15-16H2,1H3,(H,26,28)(H,32,33). The first-order valence-electron chi connectivity index (χ1n) is 12.3. The Bertz CT molecular complexity index is 1410. The Labute approximate surface area is 216 Å². The zero-order valence-electron chi connectivity index (χ0n) is 20.3. The molecule has 0 saturated carbocycles. The number of nitrogens with zero attached hydrogens (tertiary/aromatic N) is 5. The van der Waals surface area contributed by atoms with Gasteiger partial charge in [0.15, 0.2) is 11.1 Å². The smallest absolute Gasteiger partial charge is 0.167 e. The van der Waals surface area contributed by atoms with E-state index in [0.29, 0.717) is 13.2 Å². The van der Waals surface area contributed by atoms with Crippen molar-refractivity contribution >= 4 is 49.2 Å². The Morgan fingerprint density at radius 1 is 1.11 bits per heavy atom. The monoisotopic (exact) mass is 526 g/mol. The predicted molar refractivity (Wildman–Crippen MR) is 145 cm³/mol. The van der Waals surface area contributed by atoms with Crippen molar-refractivity contribution in [2.45, 2.75) is 13.5 Å². The number of piperazine rings is 1. The molecular formula is C25H30N6O3S2. The number of pyridine rings is 1. The van der Waals surface area contributed by atoms with Crippen molar-refractivity contribution in [1.82, 2.24) is 25.0 Å². The Morgan fingerprint density at radius 2 is 1.89 bits per heavy atom. The number of fused-ring (bicyclic) bond motifs is 2. The zero-order valence-corrected chi connectivity index (χ0v) is 21.9. The van der Waals surface area contributed by atoms with E-state index in [-0.39, 0.29) is 5.88 Å². The maximum Gasteiger partial charge on any atom is 0.167 e. The van der Waals surface area contributed by atoms with Crippen molar-refractivity contribution in [2.75, 3.05) is 63.3 Å². The minimum Gasteiger partial charge on any atom is -0.378 e. The number of thiophene rings is 1. The fourth-order valence-corrected chi connectivity index (χ4v) is 7.07. The number of hydrogen-bond acceptors (Lipinski definition) is 8. The lowest BCUT2D eigenvalue weighted by Crippen LogP contribution is -2.46. The van der Waals surface area contributed by atoms with Crippen molar-refractivity contribution in [3.8, 4) is 11.3 Å². The summed E-state index contributed by atoms with van der Waals surface area (Å²) in [5.74, 6) is 1.28. The maximum atomic E-state index is 11.2. The number of nitrogens with one attached hydrogen (secondary N) is 1. The molecule has 2 aliphatic rings. The van der Waals surface area contributed by atoms with Crippen LogP contribution >= 0.6 is 11.3 Å². The summed E-state index contributed by atoms with van der Waals surface area (Å²) in [7, 11) is 0. The quantitative estimate of drug-likeness (QED) is 0.370. The van der Waals surface area contributed by atoms with Crippen LogP contribution in [-0.2, 0) is 22.4 Å². The molecule has 2 saturated heterocycles. The molecule has 9 nitrogen and oxygen atoms in total. The average molecular weight is 527 g/mol. The van der Waals surface area contributed by atoms with Crippen LogP contribution in [0.15, 0.2) is 30.5 Å². The van der Waals surface area contributed by atoms with E-state index in [1.807, 2.05) is 29.7 Å². The molecule has 0 radical (unpaired) electrons. The highest BCUT2D eigenvalue weighted by Crippen LogP contribution is 2.40. The third-order valence-electron chi connectivity index (χ3n) is 7.20. The number of benzene rings is 1. The number of hydrogen-bond donors (Lipinski definition) is 2. The number of anilines is 1. The van der Waals surface area contributed by atoms with Crippen molar-refractivity contribution in [2.24, 2.45) is 0 Å². The van der Waals surface area contributed by atoms with Gasteiger partial charge in [-0.05, 0) is 24.6 Å². The van der Waals surface area contributed by atoms with Gasteiger partial charge in [-0.15, -0.1) is 11.3 Å². The zero-order chi connectivity index (χ0) is 24.6. The lowest BCUT2D eigenvalue weighted by Gasteiger charge is -2.33. The van der Waals surface area contributed by atoms with Gasteiger partial charge < -0.3 is 14.2 Å². The molecular weight excluding hydrogens is 496 g/mol. The van der Waals surface area contributed by atoms with E-state index in [4.69, 9.17) is 9.72 Å². The summed E-state index contributed by atoms with van der Waals surface area (Å²) in [6.07, 6.45) is 1.88. The highest BCUT2D eigenvalue weighted by Gasteiger charge is 2.24. The Balaban J connectivity index is 1.37. The molecule has 0 aliphatic carbocycles. The fraction of sp³-hybridized carbons (Fsp3) is 0.440. The summed E-state index contributed by atoms with van der Waals surface area (Å²) in [6.45, 7) is 9.63. The number of aromatic amines is 1. The van der Waals surface area contributed by atoms with E-state index in [9.17, 15) is 8.76 Å². The second kappa shape index (κ2) is 10.2. The average Bonchev–Trinajstić information content (AvgIpc) is 3.50. The topological polar surface area (TPSA) is 97.8 Å². The van der Waals surface area contributed by atoms with Crippen molar-refractivity contribution in [1.29, 1.82) is 0 Å². The molecule has 36 heavy (non-hydrogen) atoms. The van der Waals surface area contributed by atoms with Crippen LogP contribution in [0.1, 0.15) is 10.4 Å². The summed E-state index contributed by atoms with van der Waals surface area (Å²) in [5, 5.41) is 9.67. The van der Waals surface area contributed by atoms with Crippen LogP contribution in [0.2, 0.25) is 0 Å². The molecule has 2 aliphatic heterocycles. The SMILES string of the molecule is Cc1c(CN2CCN(CS(=O)O)CC2)sc2c(N3CCOCC3)nc(-c3cccc4[nH]ncc34)cc12. The number of aryl methyl sites for hydroxylation is 1. The van der Waals surface area contributed by atoms with Crippen LogP contribution in [0.3, 0.4) is 0 Å². The third kappa shape index (κ3) is 4.67. The van der Waals surface area contributed by atoms with Crippen LogP contribution in [0, 0.1) is 6.92 Å². The van der Waals surface area contributed by atoms with E-state index in [1.165, 1.54) is 20.5 Å². The van der Waals surface area contributed by atoms with Gasteiger partial charge in [-0.3, -0.25) is 14.9 Å². The second-order valence-electron chi connectivity index (χ2n) is 9.44. The molecule has 11 heteroatoms. The number of aromatic nitrogens is 3. The molecule has 0 amide bonds. The van der Waals surface area contributed by atoms with Crippen molar-refractivity contribution < 1.29 is 13.5 Å². The van der Waals surface area contributed by atoms with E-state index >= 15 is 0 Å². The molecule has 0 bridgehead atoms. The summed E-state index contributed by atoms with van der Waals surface area (Å²) < 4.78 is 27.2. The molecule has 0 spiro atoms. The van der Waals surface area contributed by atoms with Gasteiger partial charge in [0.1, 0.15) is 11.7 Å². The van der Waals surface area contributed by atoms with Crippen LogP contribution < -0.4 is 4.90 Å². The second-order valence-corrected chi connectivity index (χ2v) is 11.4.